The summed E-state index contributed by atoms with van der Waals surface area (Å²) in [5.41, 5.74) is 2.85. The van der Waals surface area contributed by atoms with Crippen LogP contribution in [0, 0.1) is 22.4 Å². The Morgan fingerprint density at radius 1 is 1.26 bits per heavy atom. The van der Waals surface area contributed by atoms with Gasteiger partial charge in [-0.15, -0.1) is 5.10 Å². The third kappa shape index (κ3) is 3.97. The number of ether oxygens (including phenoxy) is 1. The zero-order valence-corrected chi connectivity index (χ0v) is 17.8. The van der Waals surface area contributed by atoms with Gasteiger partial charge in [-0.25, -0.2) is 18.6 Å². The number of benzene rings is 1. The highest BCUT2D eigenvalue weighted by atomic mass is 19.1. The SMILES string of the molecule is CC(Cn1cnnn1)Oc1cc(-c2ccc3ncc(-c4c[n+]([O-])ccc4C#N)n3n2)ccc1F. The molecule has 4 aromatic heterocycles. The maximum Gasteiger partial charge on any atom is 0.191 e. The Morgan fingerprint density at radius 2 is 2.15 bits per heavy atom. The molecule has 1 aromatic carbocycles. The largest absolute Gasteiger partial charge is 0.619 e. The van der Waals surface area contributed by atoms with Crippen LogP contribution >= 0.6 is 0 Å². The summed E-state index contributed by atoms with van der Waals surface area (Å²) < 4.78 is 23.9. The lowest BCUT2D eigenvalue weighted by molar-refractivity contribution is -0.604. The predicted molar refractivity (Wildman–Crippen MR) is 115 cm³/mol. The van der Waals surface area contributed by atoms with Crippen LogP contribution in [-0.2, 0) is 6.54 Å². The van der Waals surface area contributed by atoms with E-state index >= 15 is 0 Å². The minimum absolute atomic E-state index is 0.0630. The number of nitriles is 1. The maximum absolute atomic E-state index is 14.5. The van der Waals surface area contributed by atoms with Crippen LogP contribution in [-0.4, -0.2) is 40.9 Å². The molecule has 0 aliphatic heterocycles. The van der Waals surface area contributed by atoms with Crippen molar-refractivity contribution in [2.24, 2.45) is 0 Å². The van der Waals surface area contributed by atoms with Gasteiger partial charge in [-0.05, 0) is 47.7 Å². The Bertz CT molecular complexity index is 1530. The van der Waals surface area contributed by atoms with Crippen LogP contribution in [0.15, 0.2) is 61.3 Å². The van der Waals surface area contributed by atoms with Crippen molar-refractivity contribution in [3.8, 4) is 34.3 Å². The Balaban J connectivity index is 1.50. The van der Waals surface area contributed by atoms with Crippen molar-refractivity contribution in [2.45, 2.75) is 19.6 Å². The van der Waals surface area contributed by atoms with Crippen molar-refractivity contribution in [1.82, 2.24) is 34.8 Å². The molecule has 5 rings (SSSR count). The van der Waals surface area contributed by atoms with Gasteiger partial charge in [0.15, 0.2) is 29.6 Å². The molecule has 0 aliphatic rings. The van der Waals surface area contributed by atoms with Gasteiger partial charge in [-0.3, -0.25) is 0 Å². The maximum atomic E-state index is 14.5. The molecule has 168 valence electrons. The van der Waals surface area contributed by atoms with E-state index in [1.54, 1.807) is 37.4 Å². The summed E-state index contributed by atoms with van der Waals surface area (Å²) in [6, 6.07) is 11.5. The van der Waals surface area contributed by atoms with E-state index in [4.69, 9.17) is 4.74 Å². The highest BCUT2D eigenvalue weighted by Crippen LogP contribution is 2.28. The van der Waals surface area contributed by atoms with Crippen LogP contribution in [0.2, 0.25) is 0 Å². The fraction of sp³-hybridized carbons (Fsp3) is 0.136. The second kappa shape index (κ2) is 8.55. The molecule has 34 heavy (non-hydrogen) atoms. The number of hydrogen-bond donors (Lipinski definition) is 0. The van der Waals surface area contributed by atoms with Gasteiger partial charge in [0.2, 0.25) is 0 Å². The number of pyridine rings is 1. The lowest BCUT2D eigenvalue weighted by atomic mass is 10.1. The zero-order chi connectivity index (χ0) is 23.7. The summed E-state index contributed by atoms with van der Waals surface area (Å²) in [6.07, 6.45) is 5.15. The average molecular weight is 457 g/mol. The third-order valence-corrected chi connectivity index (χ3v) is 5.08. The van der Waals surface area contributed by atoms with Crippen LogP contribution in [0.3, 0.4) is 0 Å². The van der Waals surface area contributed by atoms with E-state index in [1.807, 2.05) is 0 Å². The normalized spacial score (nSPS) is 11.9. The van der Waals surface area contributed by atoms with Crippen LogP contribution < -0.4 is 9.47 Å². The summed E-state index contributed by atoms with van der Waals surface area (Å²) >= 11 is 0. The van der Waals surface area contributed by atoms with Gasteiger partial charge < -0.3 is 9.94 Å². The molecular weight excluding hydrogens is 441 g/mol. The number of tetrazole rings is 1. The van der Waals surface area contributed by atoms with Crippen molar-refractivity contribution in [1.29, 1.82) is 5.26 Å². The van der Waals surface area contributed by atoms with E-state index in [1.165, 1.54) is 40.1 Å². The second-order valence-electron chi connectivity index (χ2n) is 7.48. The molecule has 0 aliphatic carbocycles. The van der Waals surface area contributed by atoms with Gasteiger partial charge in [-0.1, -0.05) is 0 Å². The number of nitrogens with zero attached hydrogens (tertiary/aromatic N) is 9. The zero-order valence-electron chi connectivity index (χ0n) is 17.8. The average Bonchev–Trinajstić information content (AvgIpc) is 3.50. The summed E-state index contributed by atoms with van der Waals surface area (Å²) in [6.45, 7) is 2.13. The van der Waals surface area contributed by atoms with Crippen molar-refractivity contribution in [3.63, 3.8) is 0 Å². The first kappa shape index (κ1) is 21.0. The number of fused-ring (bicyclic) bond motifs is 1. The molecule has 12 heteroatoms. The van der Waals surface area contributed by atoms with Crippen LogP contribution in [0.4, 0.5) is 4.39 Å². The highest BCUT2D eigenvalue weighted by molar-refractivity contribution is 5.69. The molecule has 0 fully saturated rings. The Morgan fingerprint density at radius 3 is 2.94 bits per heavy atom. The minimum Gasteiger partial charge on any atom is -0.619 e. The Kier molecular flexibility index (Phi) is 5.27. The van der Waals surface area contributed by atoms with E-state index in [0.717, 1.165) is 0 Å². The summed E-state index contributed by atoms with van der Waals surface area (Å²) in [7, 11) is 0. The van der Waals surface area contributed by atoms with Gasteiger partial charge in [0.25, 0.3) is 0 Å². The van der Waals surface area contributed by atoms with E-state index in [2.05, 4.69) is 31.7 Å². The lowest BCUT2D eigenvalue weighted by Gasteiger charge is -2.15. The fourth-order valence-corrected chi connectivity index (χ4v) is 3.52. The van der Waals surface area contributed by atoms with Crippen molar-refractivity contribution < 1.29 is 13.9 Å². The van der Waals surface area contributed by atoms with Crippen LogP contribution in [0.1, 0.15) is 12.5 Å². The first-order chi connectivity index (χ1) is 16.5. The van der Waals surface area contributed by atoms with E-state index in [-0.39, 0.29) is 5.75 Å². The topological polar surface area (TPSA) is 134 Å². The van der Waals surface area contributed by atoms with Crippen molar-refractivity contribution >= 4 is 5.65 Å². The molecule has 0 N–H and O–H groups in total. The first-order valence-corrected chi connectivity index (χ1v) is 10.2. The molecule has 0 radical (unpaired) electrons. The van der Waals surface area contributed by atoms with Gasteiger partial charge >= 0.3 is 0 Å². The molecule has 5 aromatic rings. The number of aromatic nitrogens is 8. The monoisotopic (exact) mass is 457 g/mol. The third-order valence-electron chi connectivity index (χ3n) is 5.08. The number of rotatable bonds is 6. The summed E-state index contributed by atoms with van der Waals surface area (Å²) in [5, 5.41) is 36.8. The second-order valence-corrected chi connectivity index (χ2v) is 7.48. The van der Waals surface area contributed by atoms with Gasteiger partial charge in [0.05, 0.1) is 29.6 Å². The smallest absolute Gasteiger partial charge is 0.191 e. The van der Waals surface area contributed by atoms with Gasteiger partial charge in [0.1, 0.15) is 24.2 Å². The number of hydrogen-bond acceptors (Lipinski definition) is 8. The number of halogens is 1. The fourth-order valence-electron chi connectivity index (χ4n) is 3.52. The predicted octanol–water partition coefficient (Wildman–Crippen LogP) is 2.16. The van der Waals surface area contributed by atoms with E-state index in [0.29, 0.717) is 45.0 Å². The molecule has 1 unspecified atom stereocenters. The molecule has 1 atom stereocenters. The molecule has 11 nitrogen and oxygen atoms in total. The molecule has 0 saturated heterocycles. The highest BCUT2D eigenvalue weighted by Gasteiger charge is 2.17. The number of imidazole rings is 1. The molecule has 0 bridgehead atoms. The van der Waals surface area contributed by atoms with Crippen LogP contribution in [0.5, 0.6) is 5.75 Å². The summed E-state index contributed by atoms with van der Waals surface area (Å²) in [5.74, 6) is -0.451. The Hall–Kier alpha value is -4.92. The quantitative estimate of drug-likeness (QED) is 0.280. The van der Waals surface area contributed by atoms with E-state index in [9.17, 15) is 14.9 Å². The van der Waals surface area contributed by atoms with Crippen molar-refractivity contribution in [3.05, 3.63) is 77.9 Å². The lowest BCUT2D eigenvalue weighted by Crippen LogP contribution is -2.25. The summed E-state index contributed by atoms with van der Waals surface area (Å²) in [4.78, 5) is 4.32. The van der Waals surface area contributed by atoms with E-state index < -0.39 is 11.9 Å². The minimum atomic E-state index is -0.514. The molecule has 4 heterocycles. The van der Waals surface area contributed by atoms with Gasteiger partial charge in [0, 0.05) is 11.6 Å². The first-order valence-electron chi connectivity index (χ1n) is 10.2. The molecular formula is C22H16FN9O2. The molecule has 0 spiro atoms. The Labute approximate surface area is 191 Å². The molecule has 0 saturated carbocycles. The van der Waals surface area contributed by atoms with Gasteiger partial charge in [-0.2, -0.15) is 15.1 Å². The standard InChI is InChI=1S/C22H16FN9O2/c1-14(11-30-13-26-28-29-30)34-21-8-15(2-3-18(21)23)19-4-5-22-25-10-20(32(22)27-19)17-12-31(33)7-6-16(17)9-24/h2-8,10,12-14H,11H2,1H3. The molecule has 0 amide bonds. The van der Waals surface area contributed by atoms with Crippen molar-refractivity contribution in [2.75, 3.05) is 0 Å². The van der Waals surface area contributed by atoms with Crippen LogP contribution in [0.25, 0.3) is 28.2 Å².